The Morgan fingerprint density at radius 1 is 0.886 bits per heavy atom. The Labute approximate surface area is 205 Å². The molecule has 1 fully saturated rings. The molecule has 0 amide bonds. The number of likely N-dealkylation sites (tertiary alicyclic amines) is 1. The van der Waals surface area contributed by atoms with E-state index >= 15 is 0 Å². The molecule has 3 heterocycles. The van der Waals surface area contributed by atoms with Crippen LogP contribution in [0, 0.1) is 0 Å². The number of hydrogen-bond acceptors (Lipinski definition) is 6. The number of phenols is 2. The third kappa shape index (κ3) is 3.88. The van der Waals surface area contributed by atoms with Crippen molar-refractivity contribution in [1.82, 2.24) is 4.90 Å². The maximum atomic E-state index is 10.1. The Morgan fingerprint density at radius 3 is 2.31 bits per heavy atom. The van der Waals surface area contributed by atoms with E-state index in [1.807, 2.05) is 43.3 Å². The first kappa shape index (κ1) is 21.9. The van der Waals surface area contributed by atoms with Gasteiger partial charge in [-0.05, 0) is 74.8 Å². The summed E-state index contributed by atoms with van der Waals surface area (Å²) in [5.41, 5.74) is 3.93. The number of rotatable bonds is 5. The van der Waals surface area contributed by atoms with E-state index in [2.05, 4.69) is 4.90 Å². The summed E-state index contributed by atoms with van der Waals surface area (Å²) in [6.45, 7) is 6.33. The van der Waals surface area contributed by atoms with Crippen LogP contribution in [-0.4, -0.2) is 48.0 Å². The molecule has 3 aliphatic rings. The first-order chi connectivity index (χ1) is 17.0. The lowest BCUT2D eigenvalue weighted by Crippen LogP contribution is -2.37. The van der Waals surface area contributed by atoms with Crippen LogP contribution in [0.5, 0.6) is 28.7 Å². The number of ether oxygens (including phenoxy) is 3. The Kier molecular flexibility index (Phi) is 5.33. The number of hydrogen-bond donors (Lipinski definition) is 2. The zero-order valence-electron chi connectivity index (χ0n) is 19.8. The fourth-order valence-corrected chi connectivity index (χ4v) is 5.47. The molecule has 0 aromatic heterocycles. The van der Waals surface area contributed by atoms with E-state index in [4.69, 9.17) is 14.2 Å². The van der Waals surface area contributed by atoms with E-state index in [1.165, 1.54) is 12.8 Å². The lowest BCUT2D eigenvalue weighted by molar-refractivity contribution is 0.145. The number of aromatic hydroxyl groups is 2. The fourth-order valence-electron chi connectivity index (χ4n) is 5.47. The zero-order chi connectivity index (χ0) is 24.0. The van der Waals surface area contributed by atoms with Gasteiger partial charge in [0.1, 0.15) is 42.0 Å². The minimum absolute atomic E-state index is 0.152. The van der Waals surface area contributed by atoms with Crippen LogP contribution < -0.4 is 14.2 Å². The summed E-state index contributed by atoms with van der Waals surface area (Å²) in [4.78, 5) is 2.44. The smallest absolute Gasteiger partial charge is 0.157 e. The highest BCUT2D eigenvalue weighted by Gasteiger charge is 2.44. The summed E-state index contributed by atoms with van der Waals surface area (Å²) in [6.07, 6.45) is 2.56. The molecule has 1 saturated heterocycles. The van der Waals surface area contributed by atoms with Crippen LogP contribution in [0.25, 0.3) is 11.1 Å². The van der Waals surface area contributed by atoms with Gasteiger partial charge in [-0.15, -0.1) is 0 Å². The van der Waals surface area contributed by atoms with E-state index in [-0.39, 0.29) is 11.5 Å². The van der Waals surface area contributed by atoms with Crippen molar-refractivity contribution in [2.75, 3.05) is 32.8 Å². The normalized spacial score (nSPS) is 20.9. The molecule has 3 aliphatic heterocycles. The molecule has 180 valence electrons. The van der Waals surface area contributed by atoms with E-state index in [0.29, 0.717) is 24.7 Å². The van der Waals surface area contributed by atoms with Gasteiger partial charge in [-0.25, -0.2) is 0 Å². The first-order valence-electron chi connectivity index (χ1n) is 12.2. The molecular formula is C29H29NO5. The topological polar surface area (TPSA) is 71.4 Å². The van der Waals surface area contributed by atoms with Crippen molar-refractivity contribution in [2.45, 2.75) is 25.4 Å². The van der Waals surface area contributed by atoms with Crippen molar-refractivity contribution in [2.24, 2.45) is 0 Å². The molecule has 6 heteroatoms. The molecule has 0 radical (unpaired) electrons. The second-order valence-corrected chi connectivity index (χ2v) is 9.56. The van der Waals surface area contributed by atoms with Crippen LogP contribution >= 0.6 is 0 Å². The van der Waals surface area contributed by atoms with Gasteiger partial charge >= 0.3 is 0 Å². The summed E-state index contributed by atoms with van der Waals surface area (Å²) < 4.78 is 18.7. The maximum absolute atomic E-state index is 10.1. The molecule has 2 N–H and O–H groups in total. The molecule has 3 aromatic carbocycles. The molecule has 1 unspecified atom stereocenters. The van der Waals surface area contributed by atoms with Crippen molar-refractivity contribution in [3.8, 4) is 28.7 Å². The van der Waals surface area contributed by atoms with Gasteiger partial charge in [0.25, 0.3) is 0 Å². The van der Waals surface area contributed by atoms with Crippen LogP contribution in [0.15, 0.2) is 60.7 Å². The Balaban J connectivity index is 1.36. The largest absolute Gasteiger partial charge is 0.508 e. The highest BCUT2D eigenvalue weighted by molar-refractivity contribution is 6.01. The van der Waals surface area contributed by atoms with Crippen molar-refractivity contribution in [3.63, 3.8) is 0 Å². The first-order valence-corrected chi connectivity index (χ1v) is 12.2. The standard InChI is InChI=1S/C29H29NO5/c1-29(19-4-8-22(9-5-19)33-15-14-30-12-2-3-13-30)28-24-11-7-20(31)16-26(24)34-18-25(28)23-10-6-21(32)17-27(23)35-29/h4-11,16-17,31-32H,2-3,12-15,18H2,1H3. The SMILES string of the molecule is CC1(c2ccc(OCCN3CCCC3)cc2)Oc2cc(O)ccc2C2=C1c1ccc(O)cc1OC2. The zero-order valence-corrected chi connectivity index (χ0v) is 19.8. The number of phenolic OH excluding ortho intramolecular Hbond substituents is 2. The fraction of sp³-hybridized carbons (Fsp3) is 0.310. The van der Waals surface area contributed by atoms with Gasteiger partial charge in [-0.2, -0.15) is 0 Å². The molecule has 6 rings (SSSR count). The van der Waals surface area contributed by atoms with Crippen LogP contribution in [0.4, 0.5) is 0 Å². The predicted molar refractivity (Wildman–Crippen MR) is 134 cm³/mol. The lowest BCUT2D eigenvalue weighted by atomic mass is 9.76. The van der Waals surface area contributed by atoms with Crippen LogP contribution in [-0.2, 0) is 5.60 Å². The molecular weight excluding hydrogens is 442 g/mol. The average Bonchev–Trinajstić information content (AvgIpc) is 3.37. The highest BCUT2D eigenvalue weighted by Crippen LogP contribution is 2.54. The molecule has 0 saturated carbocycles. The van der Waals surface area contributed by atoms with Crippen molar-refractivity contribution in [1.29, 1.82) is 0 Å². The van der Waals surface area contributed by atoms with Crippen LogP contribution in [0.2, 0.25) is 0 Å². The predicted octanol–water partition coefficient (Wildman–Crippen LogP) is 5.18. The van der Waals surface area contributed by atoms with Crippen molar-refractivity contribution >= 4 is 11.1 Å². The van der Waals surface area contributed by atoms with Gasteiger partial charge in [0, 0.05) is 41.0 Å². The van der Waals surface area contributed by atoms with Gasteiger partial charge in [-0.3, -0.25) is 4.90 Å². The highest BCUT2D eigenvalue weighted by atomic mass is 16.5. The number of nitrogens with zero attached hydrogens (tertiary/aromatic N) is 1. The minimum atomic E-state index is -0.834. The van der Waals surface area contributed by atoms with Crippen LogP contribution in [0.1, 0.15) is 36.5 Å². The summed E-state index contributed by atoms with van der Waals surface area (Å²) in [6, 6.07) is 18.4. The van der Waals surface area contributed by atoms with Gasteiger partial charge in [0.15, 0.2) is 5.60 Å². The van der Waals surface area contributed by atoms with Gasteiger partial charge in [0.05, 0.1) is 0 Å². The van der Waals surface area contributed by atoms with Gasteiger partial charge in [0.2, 0.25) is 0 Å². The second-order valence-electron chi connectivity index (χ2n) is 9.56. The Hall–Kier alpha value is -3.64. The molecule has 0 aliphatic carbocycles. The maximum Gasteiger partial charge on any atom is 0.157 e. The third-order valence-corrected chi connectivity index (χ3v) is 7.27. The van der Waals surface area contributed by atoms with E-state index in [0.717, 1.165) is 53.2 Å². The monoisotopic (exact) mass is 471 g/mol. The Morgan fingerprint density at radius 2 is 1.57 bits per heavy atom. The quantitative estimate of drug-likeness (QED) is 0.534. The third-order valence-electron chi connectivity index (χ3n) is 7.27. The molecule has 3 aromatic rings. The molecule has 0 spiro atoms. The molecule has 0 bridgehead atoms. The van der Waals surface area contributed by atoms with Gasteiger partial charge < -0.3 is 24.4 Å². The number of fused-ring (bicyclic) bond motifs is 4. The molecule has 1 atom stereocenters. The summed E-state index contributed by atoms with van der Waals surface area (Å²) in [7, 11) is 0. The molecule has 6 nitrogen and oxygen atoms in total. The lowest BCUT2D eigenvalue weighted by Gasteiger charge is -2.42. The van der Waals surface area contributed by atoms with Crippen LogP contribution in [0.3, 0.4) is 0 Å². The second kappa shape index (κ2) is 8.54. The number of benzene rings is 3. The summed E-state index contributed by atoms with van der Waals surface area (Å²) in [5, 5.41) is 20.2. The Bertz CT molecular complexity index is 1290. The van der Waals surface area contributed by atoms with E-state index < -0.39 is 5.60 Å². The van der Waals surface area contributed by atoms with Gasteiger partial charge in [-0.1, -0.05) is 12.1 Å². The van der Waals surface area contributed by atoms with Crippen molar-refractivity contribution in [3.05, 3.63) is 77.4 Å². The molecule has 35 heavy (non-hydrogen) atoms. The minimum Gasteiger partial charge on any atom is -0.508 e. The average molecular weight is 472 g/mol. The van der Waals surface area contributed by atoms with E-state index in [1.54, 1.807) is 24.3 Å². The summed E-state index contributed by atoms with van der Waals surface area (Å²) in [5.74, 6) is 2.38. The van der Waals surface area contributed by atoms with E-state index in [9.17, 15) is 10.2 Å². The summed E-state index contributed by atoms with van der Waals surface area (Å²) >= 11 is 0. The van der Waals surface area contributed by atoms with Crippen molar-refractivity contribution < 1.29 is 24.4 Å².